The van der Waals surface area contributed by atoms with Crippen LogP contribution in [-0.4, -0.2) is 48.8 Å². The molecular formula is C16H24N2O4S. The first kappa shape index (κ1) is 17.7. The van der Waals surface area contributed by atoms with Crippen LogP contribution in [0.5, 0.6) is 0 Å². The SMILES string of the molecule is CC(C)(C)OC(=O)N1CCC(CS(=O)(=O)c2ccncc2)CC1. The Hall–Kier alpha value is -1.63. The van der Waals surface area contributed by atoms with Crippen LogP contribution in [0.1, 0.15) is 33.6 Å². The molecule has 7 heteroatoms. The van der Waals surface area contributed by atoms with Gasteiger partial charge in [-0.2, -0.15) is 0 Å². The Morgan fingerprint density at radius 2 is 1.83 bits per heavy atom. The zero-order chi connectivity index (χ0) is 17.1. The minimum atomic E-state index is -3.30. The van der Waals surface area contributed by atoms with Crippen molar-refractivity contribution >= 4 is 15.9 Å². The summed E-state index contributed by atoms with van der Waals surface area (Å²) in [7, 11) is -3.30. The summed E-state index contributed by atoms with van der Waals surface area (Å²) < 4.78 is 30.1. The number of amides is 1. The Bertz CT molecular complexity index is 630. The fraction of sp³-hybridized carbons (Fsp3) is 0.625. The first-order valence-electron chi connectivity index (χ1n) is 7.78. The monoisotopic (exact) mass is 340 g/mol. The zero-order valence-corrected chi connectivity index (χ0v) is 14.7. The van der Waals surface area contributed by atoms with E-state index in [1.165, 1.54) is 24.5 Å². The number of hydrogen-bond donors (Lipinski definition) is 0. The molecule has 128 valence electrons. The summed E-state index contributed by atoms with van der Waals surface area (Å²) in [4.78, 5) is 17.8. The molecule has 2 heterocycles. The standard InChI is InChI=1S/C16H24N2O4S/c1-16(2,3)22-15(19)18-10-6-13(7-11-18)12-23(20,21)14-4-8-17-9-5-14/h4-5,8-9,13H,6-7,10-12H2,1-3H3. The Kier molecular flexibility index (Phi) is 5.29. The van der Waals surface area contributed by atoms with E-state index in [4.69, 9.17) is 4.74 Å². The molecule has 23 heavy (non-hydrogen) atoms. The maximum atomic E-state index is 12.4. The lowest BCUT2D eigenvalue weighted by Crippen LogP contribution is -2.42. The summed E-state index contributed by atoms with van der Waals surface area (Å²) in [5.41, 5.74) is -0.515. The number of likely N-dealkylation sites (tertiary alicyclic amines) is 1. The summed E-state index contributed by atoms with van der Waals surface area (Å²) in [6, 6.07) is 3.04. The first-order chi connectivity index (χ1) is 10.7. The molecule has 1 aliphatic heterocycles. The predicted octanol–water partition coefficient (Wildman–Crippen LogP) is 2.50. The third-order valence-electron chi connectivity index (χ3n) is 3.73. The number of carbonyl (C=O) groups is 1. The van der Waals surface area contributed by atoms with Crippen LogP contribution in [0.2, 0.25) is 0 Å². The van der Waals surface area contributed by atoms with Crippen LogP contribution in [0.3, 0.4) is 0 Å². The van der Waals surface area contributed by atoms with Crippen LogP contribution in [0, 0.1) is 5.92 Å². The molecule has 0 atom stereocenters. The highest BCUT2D eigenvalue weighted by Crippen LogP contribution is 2.23. The highest BCUT2D eigenvalue weighted by molar-refractivity contribution is 7.91. The van der Waals surface area contributed by atoms with E-state index in [1.54, 1.807) is 4.90 Å². The van der Waals surface area contributed by atoms with Crippen LogP contribution in [0.15, 0.2) is 29.4 Å². The van der Waals surface area contributed by atoms with Crippen molar-refractivity contribution in [3.8, 4) is 0 Å². The smallest absolute Gasteiger partial charge is 0.410 e. The number of rotatable bonds is 3. The van der Waals surface area contributed by atoms with Gasteiger partial charge in [0.25, 0.3) is 0 Å². The molecule has 0 aliphatic carbocycles. The van der Waals surface area contributed by atoms with Gasteiger partial charge in [0, 0.05) is 25.5 Å². The summed E-state index contributed by atoms with van der Waals surface area (Å²) in [6.45, 7) is 6.56. The normalized spacial score (nSPS) is 17.1. The Morgan fingerprint density at radius 1 is 1.26 bits per heavy atom. The molecule has 2 rings (SSSR count). The van der Waals surface area contributed by atoms with Gasteiger partial charge in [-0.15, -0.1) is 0 Å². The molecule has 1 fully saturated rings. The molecule has 0 unspecified atom stereocenters. The molecule has 1 aromatic heterocycles. The predicted molar refractivity (Wildman–Crippen MR) is 86.8 cm³/mol. The summed E-state index contributed by atoms with van der Waals surface area (Å²) >= 11 is 0. The number of aromatic nitrogens is 1. The van der Waals surface area contributed by atoms with Crippen molar-refractivity contribution < 1.29 is 17.9 Å². The van der Waals surface area contributed by atoms with Crippen LogP contribution >= 0.6 is 0 Å². The zero-order valence-electron chi connectivity index (χ0n) is 13.9. The fourth-order valence-electron chi connectivity index (χ4n) is 2.56. The third kappa shape index (κ3) is 5.20. The molecule has 0 spiro atoms. The van der Waals surface area contributed by atoms with Crippen LogP contribution in [0.25, 0.3) is 0 Å². The lowest BCUT2D eigenvalue weighted by Gasteiger charge is -2.33. The number of piperidine rings is 1. The van der Waals surface area contributed by atoms with Crippen LogP contribution in [0.4, 0.5) is 4.79 Å². The van der Waals surface area contributed by atoms with Gasteiger partial charge in [0.05, 0.1) is 10.6 Å². The molecule has 0 saturated carbocycles. The average Bonchev–Trinajstić information content (AvgIpc) is 2.47. The van der Waals surface area contributed by atoms with Gasteiger partial charge < -0.3 is 9.64 Å². The van der Waals surface area contributed by atoms with Crippen molar-refractivity contribution in [1.82, 2.24) is 9.88 Å². The summed E-state index contributed by atoms with van der Waals surface area (Å²) in [5.74, 6) is 0.172. The van der Waals surface area contributed by atoms with E-state index >= 15 is 0 Å². The quantitative estimate of drug-likeness (QED) is 0.845. The lowest BCUT2D eigenvalue weighted by atomic mass is 9.99. The van der Waals surface area contributed by atoms with Crippen molar-refractivity contribution in [2.24, 2.45) is 5.92 Å². The van der Waals surface area contributed by atoms with E-state index in [1.807, 2.05) is 20.8 Å². The van der Waals surface area contributed by atoms with Crippen molar-refractivity contribution in [2.45, 2.75) is 44.1 Å². The number of carbonyl (C=O) groups excluding carboxylic acids is 1. The third-order valence-corrected chi connectivity index (χ3v) is 5.63. The topological polar surface area (TPSA) is 76.6 Å². The maximum Gasteiger partial charge on any atom is 0.410 e. The average molecular weight is 340 g/mol. The Morgan fingerprint density at radius 3 is 2.35 bits per heavy atom. The number of nitrogens with zero attached hydrogens (tertiary/aromatic N) is 2. The minimum Gasteiger partial charge on any atom is -0.444 e. The second-order valence-electron chi connectivity index (χ2n) is 6.88. The van der Waals surface area contributed by atoms with E-state index in [0.29, 0.717) is 30.8 Å². The molecule has 6 nitrogen and oxygen atoms in total. The molecule has 1 aromatic rings. The second kappa shape index (κ2) is 6.86. The minimum absolute atomic E-state index is 0.0619. The van der Waals surface area contributed by atoms with Gasteiger partial charge in [-0.1, -0.05) is 0 Å². The molecule has 0 aromatic carbocycles. The number of pyridine rings is 1. The summed E-state index contributed by atoms with van der Waals surface area (Å²) in [6.07, 6.45) is 3.98. The highest BCUT2D eigenvalue weighted by Gasteiger charge is 2.29. The van der Waals surface area contributed by atoms with E-state index in [9.17, 15) is 13.2 Å². The molecule has 0 N–H and O–H groups in total. The highest BCUT2D eigenvalue weighted by atomic mass is 32.2. The van der Waals surface area contributed by atoms with Crippen molar-refractivity contribution in [1.29, 1.82) is 0 Å². The lowest BCUT2D eigenvalue weighted by molar-refractivity contribution is 0.0191. The fourth-order valence-corrected chi connectivity index (χ4v) is 4.24. The first-order valence-corrected chi connectivity index (χ1v) is 9.43. The maximum absolute atomic E-state index is 12.4. The molecule has 1 saturated heterocycles. The van der Waals surface area contributed by atoms with E-state index in [-0.39, 0.29) is 17.8 Å². The van der Waals surface area contributed by atoms with Gasteiger partial charge in [-0.05, 0) is 51.7 Å². The van der Waals surface area contributed by atoms with Crippen molar-refractivity contribution in [2.75, 3.05) is 18.8 Å². The number of ether oxygens (including phenoxy) is 1. The molecule has 0 bridgehead atoms. The van der Waals surface area contributed by atoms with E-state index < -0.39 is 15.4 Å². The van der Waals surface area contributed by atoms with Crippen molar-refractivity contribution in [3.05, 3.63) is 24.5 Å². The van der Waals surface area contributed by atoms with Gasteiger partial charge >= 0.3 is 6.09 Å². The van der Waals surface area contributed by atoms with Gasteiger partial charge in [0.2, 0.25) is 0 Å². The summed E-state index contributed by atoms with van der Waals surface area (Å²) in [5, 5.41) is 0. The molecule has 0 radical (unpaired) electrons. The Labute approximate surface area is 137 Å². The molecule has 1 amide bonds. The van der Waals surface area contributed by atoms with Gasteiger partial charge in [0.1, 0.15) is 5.60 Å². The number of hydrogen-bond acceptors (Lipinski definition) is 5. The number of sulfone groups is 1. The second-order valence-corrected chi connectivity index (χ2v) is 8.91. The van der Waals surface area contributed by atoms with Gasteiger partial charge in [0.15, 0.2) is 9.84 Å². The van der Waals surface area contributed by atoms with Gasteiger partial charge in [-0.3, -0.25) is 4.98 Å². The van der Waals surface area contributed by atoms with Crippen molar-refractivity contribution in [3.63, 3.8) is 0 Å². The van der Waals surface area contributed by atoms with Crippen LogP contribution < -0.4 is 0 Å². The van der Waals surface area contributed by atoms with E-state index in [0.717, 1.165) is 0 Å². The Balaban J connectivity index is 1.89. The molecule has 1 aliphatic rings. The van der Waals surface area contributed by atoms with E-state index in [2.05, 4.69) is 4.98 Å². The largest absolute Gasteiger partial charge is 0.444 e. The molecular weight excluding hydrogens is 316 g/mol. The van der Waals surface area contributed by atoms with Crippen LogP contribution in [-0.2, 0) is 14.6 Å². The van der Waals surface area contributed by atoms with Gasteiger partial charge in [-0.25, -0.2) is 13.2 Å².